The molecule has 0 aliphatic carbocycles. The second kappa shape index (κ2) is 4.94. The van der Waals surface area contributed by atoms with Crippen LogP contribution in [-0.2, 0) is 6.54 Å². The number of halogens is 1. The Kier molecular flexibility index (Phi) is 4.59. The maximum atomic E-state index is 8.49. The molecule has 1 aromatic rings. The minimum atomic E-state index is -4.94. The van der Waals surface area contributed by atoms with Gasteiger partial charge in [0.05, 0.1) is 0 Å². The van der Waals surface area contributed by atoms with Crippen molar-refractivity contribution in [2.75, 3.05) is 5.84 Å². The van der Waals surface area contributed by atoms with Gasteiger partial charge in [-0.25, -0.2) is 18.6 Å². The number of nitrogens with zero attached hydrogens (tertiary/aromatic N) is 3. The fourth-order valence-electron chi connectivity index (χ4n) is 0.503. The smallest absolute Gasteiger partial charge is 0.268 e. The number of hydrogen-bond donors (Lipinski definition) is 1. The minimum Gasteiger partial charge on any atom is -0.268 e. The molecule has 0 saturated heterocycles. The zero-order chi connectivity index (χ0) is 10.5. The SMILES string of the molecule is CC[n+]1cn(N)cn1.[O-][Cl+3]([O-])([O-])[O-]. The highest BCUT2D eigenvalue weighted by molar-refractivity contribution is 4.48. The third kappa shape index (κ3) is 8.98. The molecule has 9 heteroatoms. The standard InChI is InChI=1S/C4H9N4.ClHO4/c1-2-8-4-7(5)3-6-8;2-1(3,4)5/h3-4H,2,5H2,1H3;(H,2,3,4,5)/q+1;/p-1. The lowest BCUT2D eigenvalue weighted by Gasteiger charge is -2.17. The van der Waals surface area contributed by atoms with E-state index in [9.17, 15) is 0 Å². The molecule has 1 heterocycles. The van der Waals surface area contributed by atoms with E-state index < -0.39 is 10.2 Å². The van der Waals surface area contributed by atoms with Crippen LogP contribution in [-0.4, -0.2) is 9.77 Å². The molecule has 0 unspecified atom stereocenters. The summed E-state index contributed by atoms with van der Waals surface area (Å²) in [5, 5.41) is 3.89. The molecule has 1 rings (SSSR count). The molecule has 0 saturated carbocycles. The van der Waals surface area contributed by atoms with E-state index in [1.165, 1.54) is 4.68 Å². The molecule has 0 aromatic carbocycles. The molecule has 2 N–H and O–H groups in total. The predicted octanol–water partition coefficient (Wildman–Crippen LogP) is -5.85. The van der Waals surface area contributed by atoms with Gasteiger partial charge in [-0.05, 0) is 12.0 Å². The Morgan fingerprint density at radius 2 is 1.92 bits per heavy atom. The van der Waals surface area contributed by atoms with E-state index in [0.29, 0.717) is 0 Å². The average molecular weight is 213 g/mol. The summed E-state index contributed by atoms with van der Waals surface area (Å²) in [6.07, 6.45) is 3.28. The molecule has 0 amide bonds. The van der Waals surface area contributed by atoms with Crippen molar-refractivity contribution in [1.82, 2.24) is 9.77 Å². The van der Waals surface area contributed by atoms with Crippen molar-refractivity contribution >= 4 is 0 Å². The number of hydrogen-bond acceptors (Lipinski definition) is 6. The number of rotatable bonds is 1. The van der Waals surface area contributed by atoms with E-state index in [2.05, 4.69) is 5.10 Å². The predicted molar refractivity (Wildman–Crippen MR) is 28.2 cm³/mol. The number of aryl methyl sites for hydroxylation is 1. The normalized spacial score (nSPS) is 10.5. The number of aromatic nitrogens is 3. The van der Waals surface area contributed by atoms with Crippen molar-refractivity contribution in [3.05, 3.63) is 12.7 Å². The number of nitrogen functional groups attached to an aromatic ring is 1. The van der Waals surface area contributed by atoms with Crippen molar-refractivity contribution in [3.8, 4) is 0 Å². The van der Waals surface area contributed by atoms with Gasteiger partial charge in [0.25, 0.3) is 6.33 Å². The molecule has 0 fully saturated rings. The van der Waals surface area contributed by atoms with Crippen LogP contribution in [0.3, 0.4) is 0 Å². The first-order valence-corrected chi connectivity index (χ1v) is 4.37. The van der Waals surface area contributed by atoms with Gasteiger partial charge in [0.2, 0.25) is 6.33 Å². The Bertz CT molecular complexity index is 241. The van der Waals surface area contributed by atoms with Crippen molar-refractivity contribution in [3.63, 3.8) is 0 Å². The molecule has 76 valence electrons. The molecule has 0 radical (unpaired) electrons. The summed E-state index contributed by atoms with van der Waals surface area (Å²) in [6, 6.07) is 0. The first-order valence-electron chi connectivity index (χ1n) is 3.13. The molecule has 1 aromatic heterocycles. The summed E-state index contributed by atoms with van der Waals surface area (Å²) in [5.41, 5.74) is 0. The molecule has 0 aliphatic heterocycles. The van der Waals surface area contributed by atoms with E-state index in [1.54, 1.807) is 17.3 Å². The quantitative estimate of drug-likeness (QED) is 0.363. The lowest BCUT2D eigenvalue weighted by atomic mass is 10.8. The first kappa shape index (κ1) is 12.1. The largest absolute Gasteiger partial charge is 0.289 e. The van der Waals surface area contributed by atoms with Crippen molar-refractivity contribution in [2.45, 2.75) is 13.5 Å². The second-order valence-corrected chi connectivity index (χ2v) is 2.68. The lowest BCUT2D eigenvalue weighted by molar-refractivity contribution is -2.00. The highest BCUT2D eigenvalue weighted by Gasteiger charge is 1.95. The van der Waals surface area contributed by atoms with Crippen LogP contribution in [0.4, 0.5) is 0 Å². The van der Waals surface area contributed by atoms with E-state index in [4.69, 9.17) is 24.5 Å². The molecular weight excluding hydrogens is 204 g/mol. The summed E-state index contributed by atoms with van der Waals surface area (Å²) in [6.45, 7) is 2.87. The van der Waals surface area contributed by atoms with Crippen LogP contribution in [0.2, 0.25) is 0 Å². The van der Waals surface area contributed by atoms with Crippen molar-refractivity contribution in [1.29, 1.82) is 0 Å². The maximum absolute atomic E-state index is 8.49. The van der Waals surface area contributed by atoms with E-state index in [0.717, 1.165) is 6.54 Å². The Hall–Kier alpha value is -0.930. The van der Waals surface area contributed by atoms with Crippen molar-refractivity contribution in [2.24, 2.45) is 0 Å². The third-order valence-corrected chi connectivity index (χ3v) is 0.924. The van der Waals surface area contributed by atoms with Crippen LogP contribution in [0, 0.1) is 10.2 Å². The summed E-state index contributed by atoms with van der Waals surface area (Å²) in [5.74, 6) is 5.29. The average Bonchev–Trinajstić information content (AvgIpc) is 2.31. The van der Waals surface area contributed by atoms with Gasteiger partial charge in [-0.2, -0.15) is 0 Å². The zero-order valence-corrected chi connectivity index (χ0v) is 7.55. The highest BCUT2D eigenvalue weighted by Crippen LogP contribution is 1.64. The van der Waals surface area contributed by atoms with E-state index in [-0.39, 0.29) is 0 Å². The van der Waals surface area contributed by atoms with Crippen LogP contribution in [0.1, 0.15) is 6.92 Å². The second-order valence-electron chi connectivity index (χ2n) is 1.93. The number of nitrogens with two attached hydrogens (primary N) is 1. The van der Waals surface area contributed by atoms with Gasteiger partial charge in [0, 0.05) is 0 Å². The summed E-state index contributed by atoms with van der Waals surface area (Å²) in [7, 11) is -4.94. The Balaban J connectivity index is 0.000000252. The fourth-order valence-corrected chi connectivity index (χ4v) is 0.503. The van der Waals surface area contributed by atoms with Gasteiger partial charge in [-0.3, -0.25) is 5.84 Å². The monoisotopic (exact) mass is 212 g/mol. The highest BCUT2D eigenvalue weighted by atomic mass is 35.7. The zero-order valence-electron chi connectivity index (χ0n) is 6.79. The van der Waals surface area contributed by atoms with Gasteiger partial charge in [0.15, 0.2) is 0 Å². The van der Waals surface area contributed by atoms with Crippen LogP contribution in [0.5, 0.6) is 0 Å². The van der Waals surface area contributed by atoms with E-state index in [1.807, 2.05) is 6.92 Å². The van der Waals surface area contributed by atoms with Gasteiger partial charge < -0.3 is 0 Å². The summed E-state index contributed by atoms with van der Waals surface area (Å²) in [4.78, 5) is 0. The van der Waals surface area contributed by atoms with Crippen LogP contribution < -0.4 is 29.2 Å². The third-order valence-electron chi connectivity index (χ3n) is 0.924. The lowest BCUT2D eigenvalue weighted by Crippen LogP contribution is -2.68. The molecule has 0 aliphatic rings. The minimum absolute atomic E-state index is 0.865. The fraction of sp³-hybridized carbons (Fsp3) is 0.500. The Morgan fingerprint density at radius 1 is 1.46 bits per heavy atom. The van der Waals surface area contributed by atoms with Gasteiger partial charge in [-0.1, -0.05) is 0 Å². The molecule has 0 bridgehead atoms. The molecule has 0 spiro atoms. The van der Waals surface area contributed by atoms with Crippen molar-refractivity contribution < 1.29 is 33.6 Å². The van der Waals surface area contributed by atoms with Crippen LogP contribution in [0.25, 0.3) is 0 Å². The summed E-state index contributed by atoms with van der Waals surface area (Å²) < 4.78 is 37.1. The Labute approximate surface area is 76.2 Å². The molecule has 8 nitrogen and oxygen atoms in total. The van der Waals surface area contributed by atoms with Crippen LogP contribution in [0.15, 0.2) is 12.7 Å². The van der Waals surface area contributed by atoms with Gasteiger partial charge >= 0.3 is 0 Å². The van der Waals surface area contributed by atoms with Gasteiger partial charge in [-0.15, -0.1) is 19.6 Å². The molecular formula is C4H9ClN4O4. The van der Waals surface area contributed by atoms with Crippen LogP contribution >= 0.6 is 0 Å². The summed E-state index contributed by atoms with van der Waals surface area (Å²) >= 11 is 0. The molecule has 13 heavy (non-hydrogen) atoms. The first-order chi connectivity index (χ1) is 5.83. The molecule has 0 atom stereocenters. The maximum Gasteiger partial charge on any atom is 0.289 e. The Morgan fingerprint density at radius 3 is 2.08 bits per heavy atom. The van der Waals surface area contributed by atoms with Gasteiger partial charge in [0.1, 0.15) is 6.54 Å². The van der Waals surface area contributed by atoms with E-state index >= 15 is 0 Å². The topological polar surface area (TPSA) is 140 Å².